The Morgan fingerprint density at radius 1 is 1.29 bits per heavy atom. The SMILES string of the molecule is CC(C)=CC(=O)N1CC(C)OC(C)C1. The first-order chi connectivity index (χ1) is 6.49. The molecule has 2 unspecified atom stereocenters. The second kappa shape index (κ2) is 4.60. The van der Waals surface area contributed by atoms with Crippen LogP contribution in [-0.4, -0.2) is 36.1 Å². The molecule has 80 valence electrons. The van der Waals surface area contributed by atoms with Crippen molar-refractivity contribution in [1.82, 2.24) is 4.90 Å². The largest absolute Gasteiger partial charge is 0.372 e. The van der Waals surface area contributed by atoms with E-state index in [1.54, 1.807) is 6.08 Å². The van der Waals surface area contributed by atoms with Crippen LogP contribution in [0.4, 0.5) is 0 Å². The Morgan fingerprint density at radius 3 is 2.21 bits per heavy atom. The van der Waals surface area contributed by atoms with E-state index in [1.165, 1.54) is 0 Å². The number of hydrogen-bond donors (Lipinski definition) is 0. The van der Waals surface area contributed by atoms with E-state index >= 15 is 0 Å². The molecule has 0 aromatic heterocycles. The van der Waals surface area contributed by atoms with Crippen LogP contribution < -0.4 is 0 Å². The van der Waals surface area contributed by atoms with Gasteiger partial charge in [0, 0.05) is 19.2 Å². The maximum absolute atomic E-state index is 11.7. The summed E-state index contributed by atoms with van der Waals surface area (Å²) in [5.41, 5.74) is 1.04. The zero-order chi connectivity index (χ0) is 10.7. The first-order valence-electron chi connectivity index (χ1n) is 5.08. The van der Waals surface area contributed by atoms with E-state index in [0.717, 1.165) is 5.57 Å². The topological polar surface area (TPSA) is 29.5 Å². The van der Waals surface area contributed by atoms with E-state index in [4.69, 9.17) is 4.74 Å². The lowest BCUT2D eigenvalue weighted by atomic mass is 10.2. The van der Waals surface area contributed by atoms with Gasteiger partial charge in [0.15, 0.2) is 0 Å². The fraction of sp³-hybridized carbons (Fsp3) is 0.727. The van der Waals surface area contributed by atoms with Gasteiger partial charge < -0.3 is 9.64 Å². The van der Waals surface area contributed by atoms with Crippen molar-refractivity contribution < 1.29 is 9.53 Å². The lowest BCUT2D eigenvalue weighted by Crippen LogP contribution is -2.47. The fourth-order valence-corrected chi connectivity index (χ4v) is 1.70. The van der Waals surface area contributed by atoms with Gasteiger partial charge in [0.1, 0.15) is 0 Å². The Morgan fingerprint density at radius 2 is 1.79 bits per heavy atom. The molecule has 1 rings (SSSR count). The van der Waals surface area contributed by atoms with Crippen molar-refractivity contribution in [3.63, 3.8) is 0 Å². The molecule has 0 aromatic carbocycles. The quantitative estimate of drug-likeness (QED) is 0.597. The van der Waals surface area contributed by atoms with Crippen molar-refractivity contribution in [2.45, 2.75) is 39.9 Å². The smallest absolute Gasteiger partial charge is 0.246 e. The number of ether oxygens (including phenoxy) is 1. The van der Waals surface area contributed by atoms with E-state index in [9.17, 15) is 4.79 Å². The molecule has 1 aliphatic heterocycles. The summed E-state index contributed by atoms with van der Waals surface area (Å²) in [6, 6.07) is 0. The highest BCUT2D eigenvalue weighted by Gasteiger charge is 2.24. The van der Waals surface area contributed by atoms with Gasteiger partial charge in [-0.05, 0) is 27.7 Å². The average molecular weight is 197 g/mol. The summed E-state index contributed by atoms with van der Waals surface area (Å²) in [7, 11) is 0. The van der Waals surface area contributed by atoms with Crippen LogP contribution in [-0.2, 0) is 9.53 Å². The van der Waals surface area contributed by atoms with E-state index in [-0.39, 0.29) is 18.1 Å². The molecule has 1 aliphatic rings. The van der Waals surface area contributed by atoms with Gasteiger partial charge in [0.05, 0.1) is 12.2 Å². The Hall–Kier alpha value is -0.830. The minimum absolute atomic E-state index is 0.104. The second-order valence-corrected chi connectivity index (χ2v) is 4.22. The molecule has 3 nitrogen and oxygen atoms in total. The summed E-state index contributed by atoms with van der Waals surface area (Å²) < 4.78 is 5.56. The number of nitrogens with zero attached hydrogens (tertiary/aromatic N) is 1. The first kappa shape index (κ1) is 11.2. The van der Waals surface area contributed by atoms with Crippen LogP contribution >= 0.6 is 0 Å². The van der Waals surface area contributed by atoms with Gasteiger partial charge in [-0.3, -0.25) is 4.79 Å². The van der Waals surface area contributed by atoms with Crippen molar-refractivity contribution in [2.24, 2.45) is 0 Å². The van der Waals surface area contributed by atoms with Gasteiger partial charge >= 0.3 is 0 Å². The minimum Gasteiger partial charge on any atom is -0.372 e. The van der Waals surface area contributed by atoms with Gasteiger partial charge in [-0.25, -0.2) is 0 Å². The molecule has 0 saturated carbocycles. The number of hydrogen-bond acceptors (Lipinski definition) is 2. The molecular formula is C11H19NO2. The molecule has 0 bridgehead atoms. The van der Waals surface area contributed by atoms with E-state index < -0.39 is 0 Å². The molecule has 3 heteroatoms. The third-order valence-corrected chi connectivity index (χ3v) is 2.14. The van der Waals surface area contributed by atoms with Gasteiger partial charge in [-0.2, -0.15) is 0 Å². The van der Waals surface area contributed by atoms with Crippen LogP contribution in [0.25, 0.3) is 0 Å². The molecule has 1 heterocycles. The predicted molar refractivity (Wildman–Crippen MR) is 56.0 cm³/mol. The zero-order valence-electron chi connectivity index (χ0n) is 9.41. The van der Waals surface area contributed by atoms with Crippen LogP contribution in [0.5, 0.6) is 0 Å². The van der Waals surface area contributed by atoms with E-state index in [1.807, 2.05) is 32.6 Å². The number of rotatable bonds is 1. The van der Waals surface area contributed by atoms with Gasteiger partial charge in [0.25, 0.3) is 0 Å². The third kappa shape index (κ3) is 3.14. The highest BCUT2D eigenvalue weighted by atomic mass is 16.5. The number of morpholine rings is 1. The number of carbonyl (C=O) groups excluding carboxylic acids is 1. The lowest BCUT2D eigenvalue weighted by molar-refractivity contribution is -0.138. The van der Waals surface area contributed by atoms with E-state index in [0.29, 0.717) is 13.1 Å². The van der Waals surface area contributed by atoms with Gasteiger partial charge in [-0.15, -0.1) is 0 Å². The average Bonchev–Trinajstić information content (AvgIpc) is 2.00. The van der Waals surface area contributed by atoms with E-state index in [2.05, 4.69) is 0 Å². The molecular weight excluding hydrogens is 178 g/mol. The van der Waals surface area contributed by atoms with Crippen LogP contribution in [0.3, 0.4) is 0 Å². The van der Waals surface area contributed by atoms with Crippen molar-refractivity contribution in [2.75, 3.05) is 13.1 Å². The summed E-state index contributed by atoms with van der Waals surface area (Å²) in [6.45, 7) is 9.27. The Kier molecular flexibility index (Phi) is 3.69. The van der Waals surface area contributed by atoms with Crippen molar-refractivity contribution in [3.05, 3.63) is 11.6 Å². The Bertz CT molecular complexity index is 234. The fourth-order valence-electron chi connectivity index (χ4n) is 1.70. The molecule has 0 radical (unpaired) electrons. The zero-order valence-corrected chi connectivity index (χ0v) is 9.41. The number of carbonyl (C=O) groups is 1. The summed E-state index contributed by atoms with van der Waals surface area (Å²) in [4.78, 5) is 13.5. The Labute approximate surface area is 85.7 Å². The molecule has 1 fully saturated rings. The summed E-state index contributed by atoms with van der Waals surface area (Å²) in [5.74, 6) is 0.104. The van der Waals surface area contributed by atoms with Crippen LogP contribution in [0.2, 0.25) is 0 Å². The number of allylic oxidation sites excluding steroid dienone is 1. The maximum atomic E-state index is 11.7. The third-order valence-electron chi connectivity index (χ3n) is 2.14. The van der Waals surface area contributed by atoms with Gasteiger partial charge in [-0.1, -0.05) is 5.57 Å². The van der Waals surface area contributed by atoms with Crippen LogP contribution in [0.15, 0.2) is 11.6 Å². The molecule has 14 heavy (non-hydrogen) atoms. The molecule has 1 saturated heterocycles. The maximum Gasteiger partial charge on any atom is 0.246 e. The summed E-state index contributed by atoms with van der Waals surface area (Å²) >= 11 is 0. The van der Waals surface area contributed by atoms with Gasteiger partial charge in [0.2, 0.25) is 5.91 Å². The van der Waals surface area contributed by atoms with Crippen molar-refractivity contribution >= 4 is 5.91 Å². The van der Waals surface area contributed by atoms with Crippen LogP contribution in [0.1, 0.15) is 27.7 Å². The summed E-state index contributed by atoms with van der Waals surface area (Å²) in [5, 5.41) is 0. The molecule has 0 N–H and O–H groups in total. The standard InChI is InChI=1S/C11H19NO2/c1-8(2)5-11(13)12-6-9(3)14-10(4)7-12/h5,9-10H,6-7H2,1-4H3. The highest BCUT2D eigenvalue weighted by Crippen LogP contribution is 2.11. The molecule has 0 aromatic rings. The monoisotopic (exact) mass is 197 g/mol. The number of amides is 1. The first-order valence-corrected chi connectivity index (χ1v) is 5.08. The molecule has 2 atom stereocenters. The predicted octanol–water partition coefficient (Wildman–Crippen LogP) is 1.59. The molecule has 0 spiro atoms. The minimum atomic E-state index is 0.104. The molecule has 0 aliphatic carbocycles. The normalized spacial score (nSPS) is 27.3. The lowest BCUT2D eigenvalue weighted by Gasteiger charge is -2.34. The van der Waals surface area contributed by atoms with Crippen molar-refractivity contribution in [3.8, 4) is 0 Å². The molecule has 1 amide bonds. The van der Waals surface area contributed by atoms with Crippen LogP contribution in [0, 0.1) is 0 Å². The highest BCUT2D eigenvalue weighted by molar-refractivity contribution is 5.88. The Balaban J connectivity index is 2.59. The second-order valence-electron chi connectivity index (χ2n) is 4.22. The summed E-state index contributed by atoms with van der Waals surface area (Å²) in [6.07, 6.45) is 1.98. The van der Waals surface area contributed by atoms with Crippen molar-refractivity contribution in [1.29, 1.82) is 0 Å².